The van der Waals surface area contributed by atoms with Crippen LogP contribution >= 0.6 is 11.3 Å². The van der Waals surface area contributed by atoms with Crippen molar-refractivity contribution in [2.24, 2.45) is 5.92 Å². The quantitative estimate of drug-likeness (QED) is 0.644. The molecular weight excluding hydrogens is 352 g/mol. The first-order valence-electron chi connectivity index (χ1n) is 9.17. The molecule has 1 amide bonds. The van der Waals surface area contributed by atoms with Gasteiger partial charge in [0.05, 0.1) is 5.56 Å². The number of rotatable bonds is 3. The molecule has 27 heavy (non-hydrogen) atoms. The zero-order chi connectivity index (χ0) is 18.8. The number of nitrogens with one attached hydrogen (secondary N) is 1. The minimum absolute atomic E-state index is 0.169. The number of benzene rings is 2. The van der Waals surface area contributed by atoms with E-state index in [-0.39, 0.29) is 5.91 Å². The Morgan fingerprint density at radius 1 is 1.11 bits per heavy atom. The highest BCUT2D eigenvalue weighted by Gasteiger charge is 2.25. The first kappa shape index (κ1) is 17.5. The minimum Gasteiger partial charge on any atom is -0.312 e. The molecule has 3 nitrogen and oxygen atoms in total. The first-order chi connectivity index (χ1) is 13.2. The third kappa shape index (κ3) is 3.51. The molecular formula is C23H20N2OS. The van der Waals surface area contributed by atoms with Gasteiger partial charge in [0.25, 0.3) is 5.91 Å². The summed E-state index contributed by atoms with van der Waals surface area (Å²) in [6.07, 6.45) is 3.07. The number of anilines is 1. The summed E-state index contributed by atoms with van der Waals surface area (Å²) in [5.41, 5.74) is 4.58. The lowest BCUT2D eigenvalue weighted by Gasteiger charge is -2.17. The molecule has 0 saturated carbocycles. The van der Waals surface area contributed by atoms with E-state index in [0.29, 0.717) is 22.0 Å². The summed E-state index contributed by atoms with van der Waals surface area (Å²) in [6, 6.07) is 20.0. The lowest BCUT2D eigenvalue weighted by atomic mass is 9.88. The maximum Gasteiger partial charge on any atom is 0.256 e. The zero-order valence-electron chi connectivity index (χ0n) is 15.2. The third-order valence-corrected chi connectivity index (χ3v) is 6.31. The second-order valence-electron chi connectivity index (χ2n) is 7.07. The van der Waals surface area contributed by atoms with Crippen LogP contribution in [0.5, 0.6) is 0 Å². The molecule has 134 valence electrons. The molecule has 0 spiro atoms. The summed E-state index contributed by atoms with van der Waals surface area (Å²) in [7, 11) is 0. The fraction of sp³-hybridized carbons (Fsp3) is 0.217. The lowest BCUT2D eigenvalue weighted by molar-refractivity contribution is 0.102. The molecule has 2 aromatic carbocycles. The Hall–Kier alpha value is -2.90. The van der Waals surface area contributed by atoms with Gasteiger partial charge in [0.15, 0.2) is 0 Å². The standard InChI is InChI=1S/C23H20N2OS/c1-15-7-12-21-19(13-15)20(14-24)23(27-21)25-22(26)18-10-8-17(9-11-18)16-5-3-2-4-6-16/h2-6,8-11,15H,7,12-13H2,1H3,(H,25,26)/t15-/m1/s1. The number of nitrogens with zero attached hydrogens (tertiary/aromatic N) is 1. The molecule has 0 fully saturated rings. The molecule has 0 radical (unpaired) electrons. The molecule has 1 N–H and O–H groups in total. The van der Waals surface area contributed by atoms with Crippen LogP contribution in [0, 0.1) is 17.2 Å². The molecule has 0 bridgehead atoms. The van der Waals surface area contributed by atoms with Gasteiger partial charge in [-0.3, -0.25) is 4.79 Å². The second kappa shape index (κ2) is 7.38. The van der Waals surface area contributed by atoms with Crippen molar-refractivity contribution in [3.63, 3.8) is 0 Å². The van der Waals surface area contributed by atoms with Gasteiger partial charge in [0.1, 0.15) is 11.1 Å². The number of thiophene rings is 1. The van der Waals surface area contributed by atoms with Gasteiger partial charge in [0.2, 0.25) is 0 Å². The van der Waals surface area contributed by atoms with Crippen LogP contribution in [-0.4, -0.2) is 5.91 Å². The molecule has 4 heteroatoms. The normalized spacial score (nSPS) is 15.6. The van der Waals surface area contributed by atoms with Crippen molar-refractivity contribution in [1.29, 1.82) is 5.26 Å². The average molecular weight is 372 g/mol. The number of nitriles is 1. The molecule has 4 rings (SSSR count). The van der Waals surface area contributed by atoms with Crippen LogP contribution in [0.25, 0.3) is 11.1 Å². The van der Waals surface area contributed by atoms with E-state index >= 15 is 0 Å². The van der Waals surface area contributed by atoms with Crippen LogP contribution in [0.1, 0.15) is 39.7 Å². The Morgan fingerprint density at radius 2 is 1.81 bits per heavy atom. The Labute approximate surface area is 163 Å². The average Bonchev–Trinajstić information content (AvgIpc) is 3.04. The number of aryl methyl sites for hydroxylation is 1. The summed E-state index contributed by atoms with van der Waals surface area (Å²) < 4.78 is 0. The smallest absolute Gasteiger partial charge is 0.256 e. The van der Waals surface area contributed by atoms with Gasteiger partial charge in [-0.1, -0.05) is 49.4 Å². The van der Waals surface area contributed by atoms with Crippen LogP contribution in [0.3, 0.4) is 0 Å². The minimum atomic E-state index is -0.169. The highest BCUT2D eigenvalue weighted by atomic mass is 32.1. The lowest BCUT2D eigenvalue weighted by Crippen LogP contribution is -2.12. The van der Waals surface area contributed by atoms with Crippen molar-refractivity contribution < 1.29 is 4.79 Å². The van der Waals surface area contributed by atoms with E-state index in [1.807, 2.05) is 54.6 Å². The summed E-state index contributed by atoms with van der Waals surface area (Å²) in [6.45, 7) is 2.22. The fourth-order valence-corrected chi connectivity index (χ4v) is 4.77. The maximum atomic E-state index is 12.7. The fourth-order valence-electron chi connectivity index (χ4n) is 3.58. The van der Waals surface area contributed by atoms with Gasteiger partial charge in [-0.05, 0) is 54.0 Å². The van der Waals surface area contributed by atoms with Crippen LogP contribution < -0.4 is 5.32 Å². The molecule has 1 aromatic heterocycles. The molecule has 0 saturated heterocycles. The van der Waals surface area contributed by atoms with Gasteiger partial charge in [-0.2, -0.15) is 5.26 Å². The molecule has 0 unspecified atom stereocenters. The maximum absolute atomic E-state index is 12.7. The SMILES string of the molecule is C[C@@H]1CCc2sc(NC(=O)c3ccc(-c4ccccc4)cc3)c(C#N)c2C1. The molecule has 1 aliphatic carbocycles. The van der Waals surface area contributed by atoms with Crippen molar-refractivity contribution in [3.05, 3.63) is 76.2 Å². The van der Waals surface area contributed by atoms with Crippen molar-refractivity contribution >= 4 is 22.2 Å². The summed E-state index contributed by atoms with van der Waals surface area (Å²) >= 11 is 1.56. The molecule has 3 aromatic rings. The zero-order valence-corrected chi connectivity index (χ0v) is 16.0. The van der Waals surface area contributed by atoms with E-state index in [2.05, 4.69) is 18.3 Å². The Balaban J connectivity index is 1.56. The number of carbonyl (C=O) groups excluding carboxylic acids is 1. The van der Waals surface area contributed by atoms with E-state index in [0.717, 1.165) is 36.0 Å². The topological polar surface area (TPSA) is 52.9 Å². The largest absolute Gasteiger partial charge is 0.312 e. The summed E-state index contributed by atoms with van der Waals surface area (Å²) in [5.74, 6) is 0.422. The Morgan fingerprint density at radius 3 is 2.52 bits per heavy atom. The number of fused-ring (bicyclic) bond motifs is 1. The predicted octanol–water partition coefficient (Wildman–Crippen LogP) is 5.66. The molecule has 1 atom stereocenters. The predicted molar refractivity (Wildman–Crippen MR) is 110 cm³/mol. The van der Waals surface area contributed by atoms with Crippen molar-refractivity contribution in [2.75, 3.05) is 5.32 Å². The number of hydrogen-bond donors (Lipinski definition) is 1. The highest BCUT2D eigenvalue weighted by molar-refractivity contribution is 7.16. The van der Waals surface area contributed by atoms with Gasteiger partial charge < -0.3 is 5.32 Å². The van der Waals surface area contributed by atoms with E-state index in [1.165, 1.54) is 4.88 Å². The Kier molecular flexibility index (Phi) is 4.79. The van der Waals surface area contributed by atoms with Crippen LogP contribution in [-0.2, 0) is 12.8 Å². The monoisotopic (exact) mass is 372 g/mol. The van der Waals surface area contributed by atoms with E-state index < -0.39 is 0 Å². The molecule has 1 heterocycles. The van der Waals surface area contributed by atoms with Crippen molar-refractivity contribution in [3.8, 4) is 17.2 Å². The Bertz CT molecular complexity index is 1010. The van der Waals surface area contributed by atoms with E-state index in [1.54, 1.807) is 11.3 Å². The van der Waals surface area contributed by atoms with Gasteiger partial charge in [0, 0.05) is 10.4 Å². The third-order valence-electron chi connectivity index (χ3n) is 5.10. The summed E-state index contributed by atoms with van der Waals surface area (Å²) in [5, 5.41) is 13.3. The van der Waals surface area contributed by atoms with Crippen LogP contribution in [0.15, 0.2) is 54.6 Å². The molecule has 1 aliphatic rings. The first-order valence-corrected chi connectivity index (χ1v) is 9.99. The highest BCUT2D eigenvalue weighted by Crippen LogP contribution is 2.39. The van der Waals surface area contributed by atoms with E-state index in [4.69, 9.17) is 0 Å². The summed E-state index contributed by atoms with van der Waals surface area (Å²) in [4.78, 5) is 13.9. The van der Waals surface area contributed by atoms with Crippen LogP contribution in [0.2, 0.25) is 0 Å². The van der Waals surface area contributed by atoms with Crippen molar-refractivity contribution in [1.82, 2.24) is 0 Å². The van der Waals surface area contributed by atoms with Crippen LogP contribution in [0.4, 0.5) is 5.00 Å². The van der Waals surface area contributed by atoms with Gasteiger partial charge >= 0.3 is 0 Å². The molecule has 0 aliphatic heterocycles. The second-order valence-corrected chi connectivity index (χ2v) is 8.17. The number of carbonyl (C=O) groups is 1. The number of hydrogen-bond acceptors (Lipinski definition) is 3. The number of amides is 1. The van der Waals surface area contributed by atoms with Crippen molar-refractivity contribution in [2.45, 2.75) is 26.2 Å². The van der Waals surface area contributed by atoms with Gasteiger partial charge in [-0.25, -0.2) is 0 Å². The van der Waals surface area contributed by atoms with Gasteiger partial charge in [-0.15, -0.1) is 11.3 Å². The van der Waals surface area contributed by atoms with E-state index in [9.17, 15) is 10.1 Å².